The van der Waals surface area contributed by atoms with E-state index in [0.717, 1.165) is 31.8 Å². The van der Waals surface area contributed by atoms with Crippen molar-refractivity contribution >= 4 is 0 Å². The van der Waals surface area contributed by atoms with Gasteiger partial charge in [-0.05, 0) is 77.0 Å². The Morgan fingerprint density at radius 1 is 1.21 bits per heavy atom. The predicted octanol–water partition coefficient (Wildman–Crippen LogP) is 2.39. The number of nitrogens with zero attached hydrogens (tertiary/aromatic N) is 1. The van der Waals surface area contributed by atoms with Gasteiger partial charge in [0.1, 0.15) is 0 Å². The minimum Gasteiger partial charge on any atom is -0.389 e. The fourth-order valence-corrected chi connectivity index (χ4v) is 3.55. The molecule has 0 aromatic rings. The van der Waals surface area contributed by atoms with Crippen LogP contribution in [0.15, 0.2) is 0 Å². The number of rotatable bonds is 7. The quantitative estimate of drug-likeness (QED) is 0.696. The molecule has 2 fully saturated rings. The molecule has 0 atom stereocenters. The topological polar surface area (TPSA) is 35.5 Å². The van der Waals surface area contributed by atoms with Crippen molar-refractivity contribution in [1.82, 2.24) is 10.2 Å². The maximum absolute atomic E-state index is 10.5. The van der Waals surface area contributed by atoms with Crippen molar-refractivity contribution in [2.75, 3.05) is 32.7 Å². The molecular formula is C16H32N2O. The lowest BCUT2D eigenvalue weighted by atomic mass is 9.78. The zero-order chi connectivity index (χ0) is 13.6. The largest absolute Gasteiger partial charge is 0.389 e. The molecule has 0 radical (unpaired) electrons. The molecule has 3 nitrogen and oxygen atoms in total. The molecule has 1 saturated heterocycles. The van der Waals surface area contributed by atoms with Crippen LogP contribution < -0.4 is 5.32 Å². The highest BCUT2D eigenvalue weighted by Gasteiger charge is 2.31. The maximum atomic E-state index is 10.5. The van der Waals surface area contributed by atoms with Crippen LogP contribution >= 0.6 is 0 Å². The van der Waals surface area contributed by atoms with E-state index < -0.39 is 5.60 Å². The highest BCUT2D eigenvalue weighted by atomic mass is 16.3. The fourth-order valence-electron chi connectivity index (χ4n) is 3.55. The Balaban J connectivity index is 1.52. The molecule has 0 aromatic carbocycles. The predicted molar refractivity (Wildman–Crippen MR) is 80.4 cm³/mol. The van der Waals surface area contributed by atoms with Gasteiger partial charge in [-0.15, -0.1) is 0 Å². The first-order chi connectivity index (χ1) is 9.22. The van der Waals surface area contributed by atoms with Gasteiger partial charge < -0.3 is 15.3 Å². The normalized spacial score (nSPS) is 32.8. The average Bonchev–Trinajstić information content (AvgIpc) is 2.92. The van der Waals surface area contributed by atoms with E-state index in [0.29, 0.717) is 0 Å². The molecule has 1 aliphatic heterocycles. The van der Waals surface area contributed by atoms with Crippen LogP contribution in [0.2, 0.25) is 0 Å². The summed E-state index contributed by atoms with van der Waals surface area (Å²) in [6.07, 6.45) is 9.66. The van der Waals surface area contributed by atoms with Crippen LogP contribution in [0.5, 0.6) is 0 Å². The van der Waals surface area contributed by atoms with Crippen molar-refractivity contribution in [3.63, 3.8) is 0 Å². The Morgan fingerprint density at radius 3 is 2.53 bits per heavy atom. The fraction of sp³-hybridized carbons (Fsp3) is 1.00. The standard InChI is InChI=1S/C16H32N2O/c1-2-15-6-8-16(19,9-7-15)14-17-10-5-13-18-11-3-4-12-18/h15,17,19H,2-14H2,1H3. The maximum Gasteiger partial charge on any atom is 0.0771 e. The number of nitrogens with one attached hydrogen (secondary N) is 1. The summed E-state index contributed by atoms with van der Waals surface area (Å²) in [5.41, 5.74) is -0.417. The van der Waals surface area contributed by atoms with Crippen LogP contribution in [0.4, 0.5) is 0 Å². The summed E-state index contributed by atoms with van der Waals surface area (Å²) in [5, 5.41) is 14.0. The van der Waals surface area contributed by atoms with E-state index in [9.17, 15) is 5.11 Å². The van der Waals surface area contributed by atoms with Gasteiger partial charge in [0.05, 0.1) is 5.60 Å². The van der Waals surface area contributed by atoms with E-state index >= 15 is 0 Å². The van der Waals surface area contributed by atoms with E-state index in [1.807, 2.05) is 0 Å². The molecule has 2 rings (SSSR count). The molecule has 1 aliphatic carbocycles. The SMILES string of the molecule is CCC1CCC(O)(CNCCCN2CCCC2)CC1. The second-order valence-corrected chi connectivity index (χ2v) is 6.66. The zero-order valence-electron chi connectivity index (χ0n) is 12.7. The van der Waals surface area contributed by atoms with Crippen molar-refractivity contribution in [3.8, 4) is 0 Å². The summed E-state index contributed by atoms with van der Waals surface area (Å²) in [6.45, 7) is 7.93. The van der Waals surface area contributed by atoms with E-state index in [1.54, 1.807) is 0 Å². The van der Waals surface area contributed by atoms with Gasteiger partial charge in [0.25, 0.3) is 0 Å². The van der Waals surface area contributed by atoms with Crippen LogP contribution in [0, 0.1) is 5.92 Å². The molecule has 19 heavy (non-hydrogen) atoms. The highest BCUT2D eigenvalue weighted by molar-refractivity contribution is 4.87. The Morgan fingerprint density at radius 2 is 1.89 bits per heavy atom. The van der Waals surface area contributed by atoms with Crippen LogP contribution in [-0.4, -0.2) is 48.3 Å². The molecule has 1 saturated carbocycles. The summed E-state index contributed by atoms with van der Waals surface area (Å²) in [6, 6.07) is 0. The summed E-state index contributed by atoms with van der Waals surface area (Å²) in [4.78, 5) is 2.56. The molecule has 0 amide bonds. The van der Waals surface area contributed by atoms with Crippen LogP contribution in [0.25, 0.3) is 0 Å². The molecule has 1 heterocycles. The Kier molecular flexibility index (Phi) is 6.11. The molecule has 0 unspecified atom stereocenters. The van der Waals surface area contributed by atoms with E-state index in [1.165, 1.54) is 58.2 Å². The van der Waals surface area contributed by atoms with Gasteiger partial charge in [-0.2, -0.15) is 0 Å². The van der Waals surface area contributed by atoms with Crippen molar-refractivity contribution < 1.29 is 5.11 Å². The van der Waals surface area contributed by atoms with E-state index in [4.69, 9.17) is 0 Å². The van der Waals surface area contributed by atoms with Gasteiger partial charge in [-0.1, -0.05) is 13.3 Å². The summed E-state index contributed by atoms with van der Waals surface area (Å²) < 4.78 is 0. The molecular weight excluding hydrogens is 236 g/mol. The van der Waals surface area contributed by atoms with Gasteiger partial charge in [-0.3, -0.25) is 0 Å². The Labute approximate surface area is 118 Å². The number of hydrogen-bond acceptors (Lipinski definition) is 3. The minimum absolute atomic E-state index is 0.417. The van der Waals surface area contributed by atoms with Crippen molar-refractivity contribution in [1.29, 1.82) is 0 Å². The first-order valence-electron chi connectivity index (χ1n) is 8.37. The van der Waals surface area contributed by atoms with Gasteiger partial charge in [0.15, 0.2) is 0 Å². The average molecular weight is 268 g/mol. The lowest BCUT2D eigenvalue weighted by Crippen LogP contribution is -2.44. The first-order valence-corrected chi connectivity index (χ1v) is 8.37. The summed E-state index contributed by atoms with van der Waals surface area (Å²) in [5.74, 6) is 0.857. The van der Waals surface area contributed by atoms with E-state index in [-0.39, 0.29) is 0 Å². The third-order valence-electron chi connectivity index (χ3n) is 5.09. The Bertz CT molecular complexity index is 243. The van der Waals surface area contributed by atoms with Gasteiger partial charge in [0.2, 0.25) is 0 Å². The molecule has 112 valence electrons. The monoisotopic (exact) mass is 268 g/mol. The highest BCUT2D eigenvalue weighted by Crippen LogP contribution is 2.33. The summed E-state index contributed by atoms with van der Waals surface area (Å²) >= 11 is 0. The molecule has 0 bridgehead atoms. The van der Waals surface area contributed by atoms with Crippen molar-refractivity contribution in [3.05, 3.63) is 0 Å². The first kappa shape index (κ1) is 15.3. The number of likely N-dealkylation sites (tertiary alicyclic amines) is 1. The number of aliphatic hydroxyl groups is 1. The third kappa shape index (κ3) is 5.05. The molecule has 3 heteroatoms. The molecule has 0 aromatic heterocycles. The minimum atomic E-state index is -0.417. The van der Waals surface area contributed by atoms with Crippen LogP contribution in [0.1, 0.15) is 58.3 Å². The van der Waals surface area contributed by atoms with Crippen molar-refractivity contribution in [2.24, 2.45) is 5.92 Å². The second-order valence-electron chi connectivity index (χ2n) is 6.66. The smallest absolute Gasteiger partial charge is 0.0771 e. The molecule has 0 spiro atoms. The Hall–Kier alpha value is -0.120. The lowest BCUT2D eigenvalue weighted by Gasteiger charge is -2.36. The second kappa shape index (κ2) is 7.61. The lowest BCUT2D eigenvalue weighted by molar-refractivity contribution is -0.00852. The van der Waals surface area contributed by atoms with Gasteiger partial charge in [0, 0.05) is 6.54 Å². The number of hydrogen-bond donors (Lipinski definition) is 2. The summed E-state index contributed by atoms with van der Waals surface area (Å²) in [7, 11) is 0. The van der Waals surface area contributed by atoms with Gasteiger partial charge in [-0.25, -0.2) is 0 Å². The van der Waals surface area contributed by atoms with Crippen LogP contribution in [-0.2, 0) is 0 Å². The van der Waals surface area contributed by atoms with Crippen molar-refractivity contribution in [2.45, 2.75) is 63.9 Å². The van der Waals surface area contributed by atoms with E-state index in [2.05, 4.69) is 17.1 Å². The zero-order valence-corrected chi connectivity index (χ0v) is 12.7. The van der Waals surface area contributed by atoms with Gasteiger partial charge >= 0.3 is 0 Å². The van der Waals surface area contributed by atoms with Crippen LogP contribution in [0.3, 0.4) is 0 Å². The molecule has 2 N–H and O–H groups in total. The molecule has 2 aliphatic rings. The third-order valence-corrected chi connectivity index (χ3v) is 5.09.